The first kappa shape index (κ1) is 25.3. The molecule has 186 valence electrons. The van der Waals surface area contributed by atoms with Crippen LogP contribution in [-0.4, -0.2) is 65.4 Å². The maximum atomic E-state index is 12.8. The number of hydrogen-bond acceptors (Lipinski definition) is 7. The summed E-state index contributed by atoms with van der Waals surface area (Å²) in [6, 6.07) is 3.32. The molecule has 0 radical (unpaired) electrons. The van der Waals surface area contributed by atoms with E-state index in [0.717, 1.165) is 0 Å². The molecule has 34 heavy (non-hydrogen) atoms. The normalized spacial score (nSPS) is 14.7. The van der Waals surface area contributed by atoms with Gasteiger partial charge in [-0.05, 0) is 46.1 Å². The van der Waals surface area contributed by atoms with Crippen molar-refractivity contribution in [3.63, 3.8) is 0 Å². The van der Waals surface area contributed by atoms with Gasteiger partial charge in [0.05, 0.1) is 31.4 Å². The Kier molecular flexibility index (Phi) is 8.01. The maximum absolute atomic E-state index is 12.8. The van der Waals surface area contributed by atoms with Crippen molar-refractivity contribution in [2.45, 2.75) is 64.6 Å². The number of likely N-dealkylation sites (tertiary alicyclic amines) is 1. The third-order valence-electron chi connectivity index (χ3n) is 5.64. The zero-order valence-corrected chi connectivity index (χ0v) is 20.6. The molecule has 10 nitrogen and oxygen atoms in total. The monoisotopic (exact) mass is 474 g/mol. The van der Waals surface area contributed by atoms with Gasteiger partial charge < -0.3 is 24.4 Å². The fraction of sp³-hybridized carbons (Fsp3) is 0.583. The van der Waals surface area contributed by atoms with Gasteiger partial charge in [-0.15, -0.1) is 0 Å². The molecule has 1 aromatic heterocycles. The Morgan fingerprint density at radius 3 is 2.38 bits per heavy atom. The standard InChI is InChI=1S/C24H34N4O6/c1-24(2,3)34-23(31)27-11-8-16(9-12-27)26-21(29)7-6-10-28-15-25-18-14-20(33-5)19(32-4)13-17(18)22(28)30/h13-16H,6-12H2,1-5H3,(H,26,29). The first-order chi connectivity index (χ1) is 16.1. The summed E-state index contributed by atoms with van der Waals surface area (Å²) in [5, 5.41) is 3.47. The van der Waals surface area contributed by atoms with E-state index >= 15 is 0 Å². The Balaban J connectivity index is 1.48. The molecule has 2 heterocycles. The average Bonchev–Trinajstić information content (AvgIpc) is 2.79. The lowest BCUT2D eigenvalue weighted by molar-refractivity contribution is -0.122. The van der Waals surface area contributed by atoms with Crippen LogP contribution in [0.25, 0.3) is 10.9 Å². The van der Waals surface area contributed by atoms with Gasteiger partial charge in [0.25, 0.3) is 5.56 Å². The number of hydrogen-bond donors (Lipinski definition) is 1. The molecule has 0 saturated carbocycles. The number of aromatic nitrogens is 2. The number of nitrogens with one attached hydrogen (secondary N) is 1. The molecule has 1 aliphatic heterocycles. The Hall–Kier alpha value is -3.30. The highest BCUT2D eigenvalue weighted by molar-refractivity contribution is 5.81. The SMILES string of the molecule is COc1cc2ncn(CCCC(=O)NC3CCN(C(=O)OC(C)(C)C)CC3)c(=O)c2cc1OC. The third-order valence-corrected chi connectivity index (χ3v) is 5.64. The number of amides is 2. The highest BCUT2D eigenvalue weighted by Gasteiger charge is 2.27. The van der Waals surface area contributed by atoms with Crippen molar-refractivity contribution >= 4 is 22.9 Å². The van der Waals surface area contributed by atoms with E-state index in [1.807, 2.05) is 20.8 Å². The fourth-order valence-corrected chi connectivity index (χ4v) is 3.89. The lowest BCUT2D eigenvalue weighted by Crippen LogP contribution is -2.47. The van der Waals surface area contributed by atoms with Crippen molar-refractivity contribution in [3.05, 3.63) is 28.8 Å². The molecule has 10 heteroatoms. The molecule has 0 bridgehead atoms. The van der Waals surface area contributed by atoms with Crippen LogP contribution in [-0.2, 0) is 16.1 Å². The van der Waals surface area contributed by atoms with Gasteiger partial charge in [0.1, 0.15) is 5.60 Å². The quantitative estimate of drug-likeness (QED) is 0.657. The highest BCUT2D eigenvalue weighted by atomic mass is 16.6. The van der Waals surface area contributed by atoms with E-state index in [1.54, 1.807) is 17.0 Å². The summed E-state index contributed by atoms with van der Waals surface area (Å²) in [7, 11) is 3.04. The number of aryl methyl sites for hydroxylation is 1. The molecule has 2 amide bonds. The van der Waals surface area contributed by atoms with Gasteiger partial charge in [-0.3, -0.25) is 14.2 Å². The number of carbonyl (C=O) groups is 2. The summed E-state index contributed by atoms with van der Waals surface area (Å²) in [4.78, 5) is 43.4. The van der Waals surface area contributed by atoms with E-state index in [0.29, 0.717) is 67.7 Å². The Labute approximate surface area is 199 Å². The predicted molar refractivity (Wildman–Crippen MR) is 127 cm³/mol. The van der Waals surface area contributed by atoms with Crippen LogP contribution in [0.5, 0.6) is 11.5 Å². The topological polar surface area (TPSA) is 112 Å². The van der Waals surface area contributed by atoms with Crippen molar-refractivity contribution < 1.29 is 23.8 Å². The highest BCUT2D eigenvalue weighted by Crippen LogP contribution is 2.29. The lowest BCUT2D eigenvalue weighted by atomic mass is 10.1. The number of nitrogens with zero attached hydrogens (tertiary/aromatic N) is 3. The van der Waals surface area contributed by atoms with Crippen LogP contribution in [0.1, 0.15) is 46.5 Å². The number of carbonyl (C=O) groups excluding carboxylic acids is 2. The minimum atomic E-state index is -0.524. The Bertz CT molecular complexity index is 1080. The van der Waals surface area contributed by atoms with Crippen molar-refractivity contribution in [2.75, 3.05) is 27.3 Å². The lowest BCUT2D eigenvalue weighted by Gasteiger charge is -2.33. The second kappa shape index (κ2) is 10.8. The summed E-state index contributed by atoms with van der Waals surface area (Å²) in [5.74, 6) is 0.904. The number of methoxy groups -OCH3 is 2. The Morgan fingerprint density at radius 2 is 1.76 bits per heavy atom. The van der Waals surface area contributed by atoms with E-state index in [1.165, 1.54) is 25.1 Å². The van der Waals surface area contributed by atoms with Gasteiger partial charge in [0, 0.05) is 38.2 Å². The van der Waals surface area contributed by atoms with Crippen LogP contribution in [0.4, 0.5) is 4.79 Å². The van der Waals surface area contributed by atoms with Crippen LogP contribution >= 0.6 is 0 Å². The molecule has 1 N–H and O–H groups in total. The molecule has 3 rings (SSSR count). The molecular formula is C24H34N4O6. The second-order valence-corrected chi connectivity index (χ2v) is 9.38. The molecule has 1 aromatic carbocycles. The summed E-state index contributed by atoms with van der Waals surface area (Å²) in [6.07, 6.45) is 3.34. The van der Waals surface area contributed by atoms with Gasteiger partial charge in [-0.2, -0.15) is 0 Å². The van der Waals surface area contributed by atoms with Crippen molar-refractivity contribution in [1.29, 1.82) is 0 Å². The summed E-state index contributed by atoms with van der Waals surface area (Å²) in [5.41, 5.74) is -0.195. The summed E-state index contributed by atoms with van der Waals surface area (Å²) in [6.45, 7) is 7.00. The van der Waals surface area contributed by atoms with E-state index in [2.05, 4.69) is 10.3 Å². The predicted octanol–water partition coefficient (Wildman–Crippen LogP) is 2.71. The molecule has 1 fully saturated rings. The zero-order valence-electron chi connectivity index (χ0n) is 20.6. The van der Waals surface area contributed by atoms with E-state index < -0.39 is 5.60 Å². The summed E-state index contributed by atoms with van der Waals surface area (Å²) < 4.78 is 17.4. The second-order valence-electron chi connectivity index (χ2n) is 9.38. The summed E-state index contributed by atoms with van der Waals surface area (Å²) >= 11 is 0. The minimum absolute atomic E-state index is 0.0266. The van der Waals surface area contributed by atoms with Crippen LogP contribution < -0.4 is 20.3 Å². The van der Waals surface area contributed by atoms with Crippen molar-refractivity contribution in [2.24, 2.45) is 0 Å². The molecule has 2 aromatic rings. The molecule has 0 aliphatic carbocycles. The largest absolute Gasteiger partial charge is 0.493 e. The smallest absolute Gasteiger partial charge is 0.410 e. The van der Waals surface area contributed by atoms with Gasteiger partial charge in [-0.25, -0.2) is 9.78 Å². The van der Waals surface area contributed by atoms with Crippen molar-refractivity contribution in [1.82, 2.24) is 19.8 Å². The number of ether oxygens (including phenoxy) is 3. The molecule has 0 spiro atoms. The Morgan fingerprint density at radius 1 is 1.12 bits per heavy atom. The van der Waals surface area contributed by atoms with E-state index in [4.69, 9.17) is 14.2 Å². The fourth-order valence-electron chi connectivity index (χ4n) is 3.89. The maximum Gasteiger partial charge on any atom is 0.410 e. The first-order valence-electron chi connectivity index (χ1n) is 11.5. The van der Waals surface area contributed by atoms with E-state index in [9.17, 15) is 14.4 Å². The number of rotatable bonds is 7. The van der Waals surface area contributed by atoms with Crippen LogP contribution in [0.3, 0.4) is 0 Å². The van der Waals surface area contributed by atoms with Crippen LogP contribution in [0.15, 0.2) is 23.3 Å². The third kappa shape index (κ3) is 6.39. The van der Waals surface area contributed by atoms with Gasteiger partial charge in [0.15, 0.2) is 11.5 Å². The van der Waals surface area contributed by atoms with Crippen LogP contribution in [0.2, 0.25) is 0 Å². The van der Waals surface area contributed by atoms with Gasteiger partial charge in [0.2, 0.25) is 5.91 Å². The van der Waals surface area contributed by atoms with Crippen LogP contribution in [0, 0.1) is 0 Å². The number of benzene rings is 1. The van der Waals surface area contributed by atoms with Gasteiger partial charge >= 0.3 is 6.09 Å². The molecular weight excluding hydrogens is 440 g/mol. The molecule has 1 saturated heterocycles. The molecule has 1 aliphatic rings. The zero-order chi connectivity index (χ0) is 24.9. The molecule has 0 atom stereocenters. The van der Waals surface area contributed by atoms with Gasteiger partial charge in [-0.1, -0.05) is 0 Å². The number of fused-ring (bicyclic) bond motifs is 1. The number of piperidine rings is 1. The van der Waals surface area contributed by atoms with E-state index in [-0.39, 0.29) is 23.6 Å². The minimum Gasteiger partial charge on any atom is -0.493 e. The first-order valence-corrected chi connectivity index (χ1v) is 11.5. The average molecular weight is 475 g/mol. The van der Waals surface area contributed by atoms with Crippen molar-refractivity contribution in [3.8, 4) is 11.5 Å². The molecule has 0 unspecified atom stereocenters.